The maximum Gasteiger partial charge on any atom is 0.241 e. The van der Waals surface area contributed by atoms with Crippen LogP contribution in [0, 0.1) is 0 Å². The topological polar surface area (TPSA) is 79.4 Å². The van der Waals surface area contributed by atoms with E-state index in [-0.39, 0.29) is 24.1 Å². The molecule has 3 heterocycles. The van der Waals surface area contributed by atoms with Crippen LogP contribution in [-0.4, -0.2) is 46.0 Å². The minimum absolute atomic E-state index is 0.0856. The lowest BCUT2D eigenvalue weighted by atomic mass is 10.0. The van der Waals surface area contributed by atoms with Gasteiger partial charge in [0.25, 0.3) is 0 Å². The first-order valence-corrected chi connectivity index (χ1v) is 9.07. The van der Waals surface area contributed by atoms with Gasteiger partial charge in [-0.3, -0.25) is 9.78 Å². The van der Waals surface area contributed by atoms with E-state index in [0.29, 0.717) is 19.0 Å². The van der Waals surface area contributed by atoms with Gasteiger partial charge in [0.1, 0.15) is 12.1 Å². The number of likely N-dealkylation sites (tertiary alicyclic amines) is 1. The number of rotatable bonds is 4. The van der Waals surface area contributed by atoms with Crippen LogP contribution in [0.3, 0.4) is 0 Å². The van der Waals surface area contributed by atoms with Crippen molar-refractivity contribution in [1.82, 2.24) is 25.7 Å². The summed E-state index contributed by atoms with van der Waals surface area (Å²) in [5, 5.41) is 0. The van der Waals surface area contributed by atoms with E-state index in [0.717, 1.165) is 19.3 Å². The number of hydrogen-bond donors (Lipinski definition) is 2. The second-order valence-corrected chi connectivity index (χ2v) is 6.73. The minimum atomic E-state index is -0.183. The van der Waals surface area contributed by atoms with Gasteiger partial charge in [-0.15, -0.1) is 0 Å². The number of hydrogen-bond acceptors (Lipinski definition) is 6. The fourth-order valence-electron chi connectivity index (χ4n) is 3.55. The van der Waals surface area contributed by atoms with Crippen molar-refractivity contribution in [3.05, 3.63) is 54.5 Å². The molecule has 2 unspecified atom stereocenters. The van der Waals surface area contributed by atoms with E-state index < -0.39 is 0 Å². The highest BCUT2D eigenvalue weighted by Gasteiger charge is 2.34. The smallest absolute Gasteiger partial charge is 0.241 e. The first-order chi connectivity index (χ1) is 12.8. The molecule has 0 bridgehead atoms. The van der Waals surface area contributed by atoms with Crippen molar-refractivity contribution in [3.63, 3.8) is 0 Å². The predicted molar refractivity (Wildman–Crippen MR) is 96.1 cm³/mol. The van der Waals surface area contributed by atoms with Gasteiger partial charge in [-0.25, -0.2) is 15.8 Å². The summed E-state index contributed by atoms with van der Waals surface area (Å²) in [5.41, 5.74) is 7.61. The van der Waals surface area contributed by atoms with Gasteiger partial charge in [0.05, 0.1) is 6.20 Å². The number of benzene rings is 1. The Hall–Kier alpha value is -2.51. The summed E-state index contributed by atoms with van der Waals surface area (Å²) in [6, 6.07) is 10.2. The maximum atomic E-state index is 12.8. The Morgan fingerprint density at radius 2 is 1.92 bits per heavy atom. The molecule has 2 aromatic rings. The highest BCUT2D eigenvalue weighted by Crippen LogP contribution is 2.24. The first-order valence-electron chi connectivity index (χ1n) is 9.07. The van der Waals surface area contributed by atoms with Gasteiger partial charge >= 0.3 is 0 Å². The zero-order chi connectivity index (χ0) is 17.8. The highest BCUT2D eigenvalue weighted by atomic mass is 16.5. The molecule has 26 heavy (non-hydrogen) atoms. The van der Waals surface area contributed by atoms with Crippen LogP contribution in [-0.2, 0) is 4.79 Å². The first kappa shape index (κ1) is 16.9. The van der Waals surface area contributed by atoms with Crippen LogP contribution in [0.25, 0.3) is 0 Å². The average molecular weight is 353 g/mol. The summed E-state index contributed by atoms with van der Waals surface area (Å²) in [7, 11) is 0. The Morgan fingerprint density at radius 3 is 2.65 bits per heavy atom. The Balaban J connectivity index is 1.27. The van der Waals surface area contributed by atoms with E-state index in [1.165, 1.54) is 5.56 Å². The zero-order valence-corrected chi connectivity index (χ0v) is 14.5. The fourth-order valence-corrected chi connectivity index (χ4v) is 3.55. The van der Waals surface area contributed by atoms with E-state index in [1.54, 1.807) is 18.6 Å². The summed E-state index contributed by atoms with van der Waals surface area (Å²) in [5.74, 6) is 0.707. The van der Waals surface area contributed by atoms with E-state index in [1.807, 2.05) is 23.1 Å². The molecule has 0 aliphatic carbocycles. The van der Waals surface area contributed by atoms with Gasteiger partial charge in [0, 0.05) is 44.4 Å². The van der Waals surface area contributed by atoms with Crippen LogP contribution in [0.15, 0.2) is 48.9 Å². The number of nitrogens with zero attached hydrogens (tertiary/aromatic N) is 3. The van der Waals surface area contributed by atoms with Crippen molar-refractivity contribution in [1.29, 1.82) is 0 Å². The molecule has 2 aliphatic rings. The highest BCUT2D eigenvalue weighted by molar-refractivity contribution is 5.82. The summed E-state index contributed by atoms with van der Waals surface area (Å²) >= 11 is 0. The molecule has 0 saturated carbocycles. The molecule has 0 spiro atoms. The van der Waals surface area contributed by atoms with Crippen molar-refractivity contribution in [2.24, 2.45) is 0 Å². The number of carbonyl (C=O) groups is 1. The largest absolute Gasteiger partial charge is 0.473 e. The third-order valence-corrected chi connectivity index (χ3v) is 4.98. The third kappa shape index (κ3) is 3.84. The average Bonchev–Trinajstić information content (AvgIpc) is 3.20. The normalized spacial score (nSPS) is 23.8. The quantitative estimate of drug-likeness (QED) is 0.866. The van der Waals surface area contributed by atoms with E-state index in [2.05, 4.69) is 33.0 Å². The molecule has 7 heteroatoms. The predicted octanol–water partition coefficient (Wildman–Crippen LogP) is 1.45. The van der Waals surface area contributed by atoms with Crippen LogP contribution in [0.1, 0.15) is 30.9 Å². The Morgan fingerprint density at radius 1 is 1.12 bits per heavy atom. The number of ether oxygens (including phenoxy) is 1. The molecular weight excluding hydrogens is 330 g/mol. The molecule has 1 aromatic carbocycles. The van der Waals surface area contributed by atoms with Crippen molar-refractivity contribution in [2.75, 3.05) is 13.1 Å². The Labute approximate surface area is 152 Å². The van der Waals surface area contributed by atoms with E-state index in [9.17, 15) is 4.79 Å². The second-order valence-electron chi connectivity index (χ2n) is 6.73. The minimum Gasteiger partial charge on any atom is -0.473 e. The lowest BCUT2D eigenvalue weighted by molar-refractivity contribution is -0.135. The monoisotopic (exact) mass is 353 g/mol. The molecule has 7 nitrogen and oxygen atoms in total. The molecule has 0 radical (unpaired) electrons. The Bertz CT molecular complexity index is 719. The second kappa shape index (κ2) is 7.80. The SMILES string of the molecule is O=C(C1CC(c2ccccc2)NN1)N1CCC(Oc2cnccn2)CC1. The number of amides is 1. The van der Waals surface area contributed by atoms with Crippen molar-refractivity contribution >= 4 is 5.91 Å². The summed E-state index contributed by atoms with van der Waals surface area (Å²) < 4.78 is 5.84. The Kier molecular flexibility index (Phi) is 5.08. The van der Waals surface area contributed by atoms with Crippen molar-refractivity contribution < 1.29 is 9.53 Å². The molecule has 1 amide bonds. The van der Waals surface area contributed by atoms with Gasteiger partial charge in [0.15, 0.2) is 0 Å². The van der Waals surface area contributed by atoms with Crippen LogP contribution < -0.4 is 15.6 Å². The van der Waals surface area contributed by atoms with E-state index >= 15 is 0 Å². The molecule has 2 aliphatic heterocycles. The summed E-state index contributed by atoms with van der Waals surface area (Å²) in [6.07, 6.45) is 7.33. The van der Waals surface area contributed by atoms with Crippen LogP contribution in [0.2, 0.25) is 0 Å². The lowest BCUT2D eigenvalue weighted by Gasteiger charge is -2.33. The van der Waals surface area contributed by atoms with Crippen molar-refractivity contribution in [3.8, 4) is 5.88 Å². The molecule has 2 saturated heterocycles. The van der Waals surface area contributed by atoms with Gasteiger partial charge in [-0.05, 0) is 12.0 Å². The van der Waals surface area contributed by atoms with Gasteiger partial charge in [-0.1, -0.05) is 30.3 Å². The van der Waals surface area contributed by atoms with Gasteiger partial charge in [0.2, 0.25) is 11.8 Å². The summed E-state index contributed by atoms with van der Waals surface area (Å²) in [4.78, 5) is 22.9. The maximum absolute atomic E-state index is 12.8. The molecule has 2 fully saturated rings. The van der Waals surface area contributed by atoms with Gasteiger partial charge in [-0.2, -0.15) is 0 Å². The molecule has 2 N–H and O–H groups in total. The summed E-state index contributed by atoms with van der Waals surface area (Å²) in [6.45, 7) is 1.41. The number of piperidine rings is 1. The molecule has 1 aromatic heterocycles. The number of aromatic nitrogens is 2. The molecule has 4 rings (SSSR count). The number of nitrogens with one attached hydrogen (secondary N) is 2. The fraction of sp³-hybridized carbons (Fsp3) is 0.421. The van der Waals surface area contributed by atoms with Crippen molar-refractivity contribution in [2.45, 2.75) is 37.5 Å². The van der Waals surface area contributed by atoms with Crippen LogP contribution in [0.4, 0.5) is 0 Å². The lowest BCUT2D eigenvalue weighted by Crippen LogP contribution is -2.49. The van der Waals surface area contributed by atoms with E-state index in [4.69, 9.17) is 4.74 Å². The number of carbonyl (C=O) groups excluding carboxylic acids is 1. The van der Waals surface area contributed by atoms with Gasteiger partial charge < -0.3 is 9.64 Å². The molecular formula is C19H23N5O2. The molecule has 136 valence electrons. The van der Waals surface area contributed by atoms with Crippen LogP contribution >= 0.6 is 0 Å². The molecule has 2 atom stereocenters. The van der Waals surface area contributed by atoms with Crippen LogP contribution in [0.5, 0.6) is 5.88 Å². The third-order valence-electron chi connectivity index (χ3n) is 4.98. The standard InChI is InChI=1S/C19H23N5O2/c25-19(17-12-16(22-23-17)14-4-2-1-3-5-14)24-10-6-15(7-11-24)26-18-13-20-8-9-21-18/h1-5,8-9,13,15-17,22-23H,6-7,10-12H2. The zero-order valence-electron chi connectivity index (χ0n) is 14.5. The number of hydrazine groups is 1.